The van der Waals surface area contributed by atoms with Crippen molar-refractivity contribution in [1.82, 2.24) is 9.78 Å². The lowest BCUT2D eigenvalue weighted by molar-refractivity contribution is 0.103. The predicted molar refractivity (Wildman–Crippen MR) is 76.1 cm³/mol. The van der Waals surface area contributed by atoms with E-state index in [0.29, 0.717) is 17.1 Å². The Labute approximate surface area is 122 Å². The second kappa shape index (κ2) is 5.77. The first-order chi connectivity index (χ1) is 9.76. The molecule has 0 bridgehead atoms. The SMILES string of the molecule is O=Cc1cn(Cc2ccc(Cl)cc2)nc1C1CCCO1. The molecule has 104 valence electrons. The number of hydrogen-bond acceptors (Lipinski definition) is 3. The predicted octanol–water partition coefficient (Wildman–Crippen LogP) is 3.25. The van der Waals surface area contributed by atoms with Gasteiger partial charge < -0.3 is 4.74 Å². The minimum atomic E-state index is -0.0401. The van der Waals surface area contributed by atoms with Gasteiger partial charge in [0.25, 0.3) is 0 Å². The van der Waals surface area contributed by atoms with Crippen LogP contribution < -0.4 is 0 Å². The fourth-order valence-corrected chi connectivity index (χ4v) is 2.57. The molecule has 0 amide bonds. The average Bonchev–Trinajstić information content (AvgIpc) is 3.10. The second-order valence-electron chi connectivity index (χ2n) is 4.91. The highest BCUT2D eigenvalue weighted by molar-refractivity contribution is 6.30. The number of carbonyl (C=O) groups excluding carboxylic acids is 1. The molecule has 2 heterocycles. The highest BCUT2D eigenvalue weighted by Crippen LogP contribution is 2.29. The molecule has 20 heavy (non-hydrogen) atoms. The lowest BCUT2D eigenvalue weighted by Crippen LogP contribution is -2.03. The third kappa shape index (κ3) is 2.76. The van der Waals surface area contributed by atoms with Gasteiger partial charge in [-0.1, -0.05) is 23.7 Å². The number of halogens is 1. The number of ether oxygens (including phenoxy) is 1. The molecule has 0 N–H and O–H groups in total. The van der Waals surface area contributed by atoms with Gasteiger partial charge in [-0.2, -0.15) is 5.10 Å². The van der Waals surface area contributed by atoms with Crippen molar-refractivity contribution in [2.24, 2.45) is 0 Å². The molecule has 2 aromatic rings. The van der Waals surface area contributed by atoms with Crippen molar-refractivity contribution in [2.45, 2.75) is 25.5 Å². The molecule has 1 saturated heterocycles. The van der Waals surface area contributed by atoms with Gasteiger partial charge in [0.2, 0.25) is 0 Å². The average molecular weight is 291 g/mol. The van der Waals surface area contributed by atoms with Crippen molar-refractivity contribution in [3.8, 4) is 0 Å². The van der Waals surface area contributed by atoms with Crippen LogP contribution in [0.15, 0.2) is 30.5 Å². The standard InChI is InChI=1S/C15H15ClN2O2/c16-13-5-3-11(4-6-13)8-18-9-12(10-19)15(17-18)14-2-1-7-20-14/h3-6,9-10,14H,1-2,7-8H2. The number of benzene rings is 1. The minimum absolute atomic E-state index is 0.0401. The van der Waals surface area contributed by atoms with Crippen LogP contribution in [0.25, 0.3) is 0 Å². The summed E-state index contributed by atoms with van der Waals surface area (Å²) < 4.78 is 7.39. The van der Waals surface area contributed by atoms with E-state index >= 15 is 0 Å². The van der Waals surface area contributed by atoms with Crippen LogP contribution in [-0.4, -0.2) is 22.7 Å². The zero-order valence-corrected chi connectivity index (χ0v) is 11.7. The van der Waals surface area contributed by atoms with E-state index in [1.165, 1.54) is 0 Å². The van der Waals surface area contributed by atoms with Crippen LogP contribution in [0.1, 0.15) is 40.6 Å². The van der Waals surface area contributed by atoms with E-state index in [4.69, 9.17) is 16.3 Å². The summed E-state index contributed by atoms with van der Waals surface area (Å²) in [6.45, 7) is 1.36. The monoisotopic (exact) mass is 290 g/mol. The summed E-state index contributed by atoms with van der Waals surface area (Å²) in [5.41, 5.74) is 2.46. The van der Waals surface area contributed by atoms with Crippen LogP contribution in [0.4, 0.5) is 0 Å². The highest BCUT2D eigenvalue weighted by Gasteiger charge is 2.23. The minimum Gasteiger partial charge on any atom is -0.372 e. The maximum Gasteiger partial charge on any atom is 0.153 e. The topological polar surface area (TPSA) is 44.1 Å². The molecule has 0 saturated carbocycles. The Bertz CT molecular complexity index is 601. The van der Waals surface area contributed by atoms with Gasteiger partial charge in [-0.05, 0) is 30.5 Å². The van der Waals surface area contributed by atoms with Crippen molar-refractivity contribution in [1.29, 1.82) is 0 Å². The Morgan fingerprint density at radius 1 is 1.40 bits per heavy atom. The fourth-order valence-electron chi connectivity index (χ4n) is 2.44. The van der Waals surface area contributed by atoms with E-state index in [0.717, 1.165) is 37.0 Å². The molecule has 3 rings (SSSR count). The van der Waals surface area contributed by atoms with Gasteiger partial charge in [0.05, 0.1) is 12.1 Å². The van der Waals surface area contributed by atoms with Crippen LogP contribution in [0.2, 0.25) is 5.02 Å². The maximum atomic E-state index is 11.2. The van der Waals surface area contributed by atoms with Crippen molar-refractivity contribution in [2.75, 3.05) is 6.61 Å². The fraction of sp³-hybridized carbons (Fsp3) is 0.333. The summed E-state index contributed by atoms with van der Waals surface area (Å²) in [5, 5.41) is 5.22. The summed E-state index contributed by atoms with van der Waals surface area (Å²) in [4.78, 5) is 11.2. The molecule has 0 spiro atoms. The molecule has 1 unspecified atom stereocenters. The third-order valence-corrected chi connectivity index (χ3v) is 3.69. The molecule has 5 heteroatoms. The van der Waals surface area contributed by atoms with Gasteiger partial charge in [0.1, 0.15) is 11.8 Å². The second-order valence-corrected chi connectivity index (χ2v) is 5.35. The molecule has 1 aromatic carbocycles. The maximum absolute atomic E-state index is 11.2. The number of aldehydes is 1. The molecule has 1 aliphatic rings. The first-order valence-electron chi connectivity index (χ1n) is 6.65. The van der Waals surface area contributed by atoms with Gasteiger partial charge in [0.15, 0.2) is 6.29 Å². The van der Waals surface area contributed by atoms with E-state index in [1.807, 2.05) is 24.3 Å². The summed E-state index contributed by atoms with van der Waals surface area (Å²) in [6.07, 6.45) is 4.54. The molecular formula is C15H15ClN2O2. The van der Waals surface area contributed by atoms with Crippen LogP contribution in [0.5, 0.6) is 0 Å². The Kier molecular flexibility index (Phi) is 3.85. The number of hydrogen-bond donors (Lipinski definition) is 0. The van der Waals surface area contributed by atoms with Gasteiger partial charge >= 0.3 is 0 Å². The quantitative estimate of drug-likeness (QED) is 0.812. The van der Waals surface area contributed by atoms with E-state index < -0.39 is 0 Å². The van der Waals surface area contributed by atoms with Crippen molar-refractivity contribution in [3.63, 3.8) is 0 Å². The summed E-state index contributed by atoms with van der Waals surface area (Å²) in [7, 11) is 0. The van der Waals surface area contributed by atoms with E-state index in [-0.39, 0.29) is 6.10 Å². The Morgan fingerprint density at radius 3 is 2.85 bits per heavy atom. The van der Waals surface area contributed by atoms with Crippen LogP contribution in [0.3, 0.4) is 0 Å². The first-order valence-corrected chi connectivity index (χ1v) is 7.02. The van der Waals surface area contributed by atoms with E-state index in [1.54, 1.807) is 10.9 Å². The summed E-state index contributed by atoms with van der Waals surface area (Å²) >= 11 is 5.87. The molecule has 4 nitrogen and oxygen atoms in total. The molecule has 0 aliphatic carbocycles. The molecular weight excluding hydrogens is 276 g/mol. The van der Waals surface area contributed by atoms with Gasteiger partial charge in [-0.25, -0.2) is 0 Å². The summed E-state index contributed by atoms with van der Waals surface area (Å²) in [5.74, 6) is 0. The molecule has 1 atom stereocenters. The molecule has 1 aromatic heterocycles. The number of nitrogens with zero attached hydrogens (tertiary/aromatic N) is 2. The van der Waals surface area contributed by atoms with Gasteiger partial charge in [-0.15, -0.1) is 0 Å². The van der Waals surface area contributed by atoms with Crippen molar-refractivity contribution >= 4 is 17.9 Å². The van der Waals surface area contributed by atoms with Crippen LogP contribution in [-0.2, 0) is 11.3 Å². The zero-order chi connectivity index (χ0) is 13.9. The lowest BCUT2D eigenvalue weighted by atomic mass is 10.1. The number of aromatic nitrogens is 2. The van der Waals surface area contributed by atoms with Crippen molar-refractivity contribution < 1.29 is 9.53 Å². The Balaban J connectivity index is 1.83. The summed E-state index contributed by atoms with van der Waals surface area (Å²) in [6, 6.07) is 7.61. The highest BCUT2D eigenvalue weighted by atomic mass is 35.5. The Morgan fingerprint density at radius 2 is 2.20 bits per heavy atom. The smallest absolute Gasteiger partial charge is 0.153 e. The Hall–Kier alpha value is -1.65. The third-order valence-electron chi connectivity index (χ3n) is 3.44. The van der Waals surface area contributed by atoms with Crippen molar-refractivity contribution in [3.05, 3.63) is 52.3 Å². The van der Waals surface area contributed by atoms with Crippen LogP contribution >= 0.6 is 11.6 Å². The largest absolute Gasteiger partial charge is 0.372 e. The van der Waals surface area contributed by atoms with E-state index in [2.05, 4.69) is 5.10 Å². The molecule has 1 fully saturated rings. The van der Waals surface area contributed by atoms with Gasteiger partial charge in [0, 0.05) is 17.8 Å². The molecule has 0 radical (unpaired) electrons. The number of carbonyl (C=O) groups is 1. The molecule has 1 aliphatic heterocycles. The normalized spacial score (nSPS) is 18.4. The van der Waals surface area contributed by atoms with Crippen LogP contribution in [0, 0.1) is 0 Å². The lowest BCUT2D eigenvalue weighted by Gasteiger charge is -2.06. The first kappa shape index (κ1) is 13.3. The van der Waals surface area contributed by atoms with Gasteiger partial charge in [-0.3, -0.25) is 9.48 Å². The van der Waals surface area contributed by atoms with E-state index in [9.17, 15) is 4.79 Å². The number of rotatable bonds is 4. The zero-order valence-electron chi connectivity index (χ0n) is 11.0.